The summed E-state index contributed by atoms with van der Waals surface area (Å²) in [6.45, 7) is 0.850. The van der Waals surface area contributed by atoms with Crippen molar-refractivity contribution in [2.75, 3.05) is 25.2 Å². The summed E-state index contributed by atoms with van der Waals surface area (Å²) in [6, 6.07) is 51.0. The van der Waals surface area contributed by atoms with Crippen molar-refractivity contribution < 1.29 is 22.3 Å². The van der Waals surface area contributed by atoms with Gasteiger partial charge in [-0.25, -0.2) is 0 Å². The minimum atomic E-state index is -1.71. The minimum absolute atomic E-state index is 0. The number of rotatable bonds is 14. The molecule has 1 heterocycles. The van der Waals surface area contributed by atoms with Gasteiger partial charge in [0.1, 0.15) is 29.2 Å². The summed E-state index contributed by atoms with van der Waals surface area (Å²) in [5, 5.41) is 16.4. The van der Waals surface area contributed by atoms with E-state index in [1.807, 2.05) is 0 Å². The van der Waals surface area contributed by atoms with Crippen molar-refractivity contribution in [2.24, 2.45) is 5.92 Å². The van der Waals surface area contributed by atoms with Crippen molar-refractivity contribution in [3.63, 3.8) is 0 Å². The third kappa shape index (κ3) is 11.0. The molecule has 6 rings (SSSR count). The maximum Gasteiger partial charge on any atom is 0.320 e. The Morgan fingerprint density at radius 1 is 0.660 bits per heavy atom. The van der Waals surface area contributed by atoms with Gasteiger partial charge in [0.05, 0.1) is 6.16 Å². The standard InChI is InChI=1S/C28H28PS.C15H21NO2S.ClH/c1-30-28-21-19-24(20-22-28)12-11-23-29(25-13-5-2-6-14-25,26-15-7-3-8-16-26)27-17-9-4-10-18-27;1-19-13-7-5-11(6-8-13)3-2-4-12-9-14(15(17)18)16-10-12;/h2-10,13-22H,11-12,23H2,1H3;5-8,12,14,16H,2-4,9-10H2,1H3,(H,17,18);1H/q+1;;/p-1/t;12-,14-;/m.0./s1. The number of hydrogen-bond donors (Lipinski definition) is 2. The Kier molecular flexibility index (Phi) is 16.5. The van der Waals surface area contributed by atoms with Crippen molar-refractivity contribution >= 4 is 52.7 Å². The lowest BCUT2D eigenvalue weighted by molar-refractivity contribution is -0.139. The molecule has 2 atom stereocenters. The molecule has 2 N–H and O–H groups in total. The van der Waals surface area contributed by atoms with Gasteiger partial charge in [-0.3, -0.25) is 4.79 Å². The summed E-state index contributed by atoms with van der Waals surface area (Å²) in [5.41, 5.74) is 2.80. The third-order valence-corrected chi connectivity index (χ3v) is 15.5. The summed E-state index contributed by atoms with van der Waals surface area (Å²) in [5.74, 6) is -0.193. The Morgan fingerprint density at radius 2 is 1.08 bits per heavy atom. The van der Waals surface area contributed by atoms with Gasteiger partial charge in [-0.05, 0) is 135 Å². The quantitative estimate of drug-likeness (QED) is 0.106. The zero-order valence-corrected chi connectivity index (χ0v) is 32.4. The van der Waals surface area contributed by atoms with Crippen LogP contribution in [0.2, 0.25) is 0 Å². The highest BCUT2D eigenvalue weighted by Crippen LogP contribution is 2.55. The van der Waals surface area contributed by atoms with Gasteiger partial charge >= 0.3 is 5.97 Å². The number of carboxylic acid groups (broad SMARTS) is 1. The number of carbonyl (C=O) groups is 1. The molecule has 262 valence electrons. The Labute approximate surface area is 314 Å². The summed E-state index contributed by atoms with van der Waals surface area (Å²) in [7, 11) is -1.71. The van der Waals surface area contributed by atoms with Gasteiger partial charge in [0, 0.05) is 9.79 Å². The second-order valence-electron chi connectivity index (χ2n) is 12.6. The van der Waals surface area contributed by atoms with Crippen molar-refractivity contribution in [1.82, 2.24) is 5.32 Å². The molecule has 1 fully saturated rings. The molecular formula is C43H49ClNO2PS2. The maximum absolute atomic E-state index is 10.8. The first kappa shape index (κ1) is 39.7. The predicted octanol–water partition coefficient (Wildman–Crippen LogP) is 6.13. The fourth-order valence-electron chi connectivity index (χ4n) is 6.80. The zero-order valence-electron chi connectivity index (χ0n) is 29.1. The molecule has 0 saturated carbocycles. The first-order valence-corrected chi connectivity index (χ1v) is 21.7. The Balaban J connectivity index is 0.000000243. The molecular weight excluding hydrogens is 693 g/mol. The first-order valence-electron chi connectivity index (χ1n) is 17.3. The van der Waals surface area contributed by atoms with Crippen molar-refractivity contribution in [3.8, 4) is 0 Å². The van der Waals surface area contributed by atoms with E-state index in [1.54, 1.807) is 23.5 Å². The second-order valence-corrected chi connectivity index (χ2v) is 18.0. The lowest BCUT2D eigenvalue weighted by Gasteiger charge is -2.27. The highest BCUT2D eigenvalue weighted by atomic mass is 35.5. The van der Waals surface area contributed by atoms with E-state index in [4.69, 9.17) is 5.11 Å². The molecule has 5 aromatic rings. The van der Waals surface area contributed by atoms with Crippen molar-refractivity contribution in [1.29, 1.82) is 0 Å². The Hall–Kier alpha value is -3.05. The predicted molar refractivity (Wildman–Crippen MR) is 215 cm³/mol. The molecule has 1 aliphatic rings. The summed E-state index contributed by atoms with van der Waals surface area (Å²) in [4.78, 5) is 13.5. The van der Waals surface area contributed by atoms with E-state index < -0.39 is 13.2 Å². The van der Waals surface area contributed by atoms with Crippen LogP contribution in [0.3, 0.4) is 0 Å². The third-order valence-electron chi connectivity index (χ3n) is 9.47. The van der Waals surface area contributed by atoms with Crippen LogP contribution in [0.5, 0.6) is 0 Å². The van der Waals surface area contributed by atoms with Crippen LogP contribution in [0.15, 0.2) is 149 Å². The lowest BCUT2D eigenvalue weighted by atomic mass is 9.97. The number of carboxylic acids is 1. The van der Waals surface area contributed by atoms with Crippen LogP contribution in [-0.2, 0) is 17.6 Å². The van der Waals surface area contributed by atoms with Crippen LogP contribution in [-0.4, -0.2) is 42.3 Å². The number of aliphatic carboxylic acids is 1. The molecule has 0 radical (unpaired) electrons. The minimum Gasteiger partial charge on any atom is -1.00 e. The highest BCUT2D eigenvalue weighted by molar-refractivity contribution is 7.98. The van der Waals surface area contributed by atoms with Gasteiger partial charge in [0.25, 0.3) is 0 Å². The number of benzene rings is 5. The van der Waals surface area contributed by atoms with E-state index in [9.17, 15) is 4.79 Å². The number of nitrogens with one attached hydrogen (secondary N) is 1. The molecule has 50 heavy (non-hydrogen) atoms. The van der Waals surface area contributed by atoms with Crippen molar-refractivity contribution in [3.05, 3.63) is 151 Å². The van der Waals surface area contributed by atoms with E-state index in [1.165, 1.54) is 49.4 Å². The van der Waals surface area contributed by atoms with Gasteiger partial charge in [-0.1, -0.05) is 78.9 Å². The van der Waals surface area contributed by atoms with Crippen LogP contribution in [0.25, 0.3) is 0 Å². The SMILES string of the molecule is CSc1ccc(CCC[C@@H]2CN[C@H](C(=O)O)C2)cc1.CSc1ccc(CCC[P+](c2ccccc2)(c2ccccc2)c2ccccc2)cc1.[Cl-]. The fourth-order valence-corrected chi connectivity index (χ4v) is 12.0. The molecule has 0 unspecified atom stereocenters. The molecule has 0 aliphatic carbocycles. The van der Waals surface area contributed by atoms with E-state index in [0.29, 0.717) is 5.92 Å². The van der Waals surface area contributed by atoms with Gasteiger partial charge in [0.15, 0.2) is 0 Å². The van der Waals surface area contributed by atoms with E-state index >= 15 is 0 Å². The first-order chi connectivity index (χ1) is 24.0. The number of thioether (sulfide) groups is 2. The summed E-state index contributed by atoms with van der Waals surface area (Å²) in [6.07, 6.45) is 11.8. The highest BCUT2D eigenvalue weighted by Gasteiger charge is 2.44. The number of hydrogen-bond acceptors (Lipinski definition) is 4. The summed E-state index contributed by atoms with van der Waals surface area (Å²) >= 11 is 3.56. The second kappa shape index (κ2) is 20.7. The van der Waals surface area contributed by atoms with Crippen LogP contribution in [0.4, 0.5) is 0 Å². The van der Waals surface area contributed by atoms with E-state index in [0.717, 1.165) is 38.6 Å². The zero-order chi connectivity index (χ0) is 34.3. The molecule has 0 bridgehead atoms. The largest absolute Gasteiger partial charge is 1.00 e. The number of halogens is 1. The van der Waals surface area contributed by atoms with Crippen LogP contribution < -0.4 is 33.6 Å². The smallest absolute Gasteiger partial charge is 0.320 e. The van der Waals surface area contributed by atoms with Crippen LogP contribution in [0.1, 0.15) is 36.8 Å². The topological polar surface area (TPSA) is 49.3 Å². The normalized spacial score (nSPS) is 15.4. The lowest BCUT2D eigenvalue weighted by Crippen LogP contribution is -3.00. The molecule has 0 aromatic heterocycles. The average Bonchev–Trinajstić information content (AvgIpc) is 3.65. The maximum atomic E-state index is 10.8. The van der Waals surface area contributed by atoms with Gasteiger partial charge in [-0.2, -0.15) is 0 Å². The average molecular weight is 742 g/mol. The fraction of sp³-hybridized carbons (Fsp3) is 0.279. The number of aryl methyl sites for hydroxylation is 2. The molecule has 1 aliphatic heterocycles. The molecule has 5 aromatic carbocycles. The monoisotopic (exact) mass is 741 g/mol. The van der Waals surface area contributed by atoms with E-state index in [-0.39, 0.29) is 18.4 Å². The van der Waals surface area contributed by atoms with Crippen molar-refractivity contribution in [2.45, 2.75) is 54.4 Å². The Bertz CT molecular complexity index is 1590. The molecule has 1 saturated heterocycles. The van der Waals surface area contributed by atoms with Gasteiger partial charge < -0.3 is 22.8 Å². The van der Waals surface area contributed by atoms with Crippen LogP contribution >= 0.6 is 30.8 Å². The van der Waals surface area contributed by atoms with Crippen LogP contribution in [0, 0.1) is 5.92 Å². The van der Waals surface area contributed by atoms with Gasteiger partial charge in [0.2, 0.25) is 0 Å². The molecule has 3 nitrogen and oxygen atoms in total. The van der Waals surface area contributed by atoms with Gasteiger partial charge in [-0.15, -0.1) is 23.5 Å². The molecule has 0 amide bonds. The molecule has 0 spiro atoms. The summed E-state index contributed by atoms with van der Waals surface area (Å²) < 4.78 is 0. The Morgan fingerprint density at radius 3 is 1.46 bits per heavy atom. The molecule has 7 heteroatoms. The van der Waals surface area contributed by atoms with E-state index in [2.05, 4.69) is 157 Å².